The molecule has 0 radical (unpaired) electrons. The molecule has 0 aliphatic rings. The van der Waals surface area contributed by atoms with Gasteiger partial charge in [0.05, 0.1) is 5.52 Å². The van der Waals surface area contributed by atoms with E-state index in [4.69, 9.17) is 5.73 Å². The van der Waals surface area contributed by atoms with E-state index in [1.54, 1.807) is 18.2 Å². The molecule has 0 bridgehead atoms. The van der Waals surface area contributed by atoms with E-state index in [1.165, 1.54) is 0 Å². The molecule has 2 rings (SSSR count). The van der Waals surface area contributed by atoms with E-state index in [9.17, 15) is 4.79 Å². The molecular weight excluding hydrogens is 228 g/mol. The summed E-state index contributed by atoms with van der Waals surface area (Å²) in [5, 5.41) is 10.4. The van der Waals surface area contributed by atoms with E-state index in [2.05, 4.69) is 22.1 Å². The number of anilines is 1. The van der Waals surface area contributed by atoms with E-state index < -0.39 is 0 Å². The summed E-state index contributed by atoms with van der Waals surface area (Å²) in [4.78, 5) is 12.0. The maximum Gasteiger partial charge on any atom is 0.272 e. The Balaban J connectivity index is 2.27. The lowest BCUT2D eigenvalue weighted by Gasteiger charge is -2.10. The van der Waals surface area contributed by atoms with Crippen molar-refractivity contribution in [1.29, 1.82) is 0 Å². The van der Waals surface area contributed by atoms with Crippen LogP contribution in [0, 0.1) is 0 Å². The van der Waals surface area contributed by atoms with Gasteiger partial charge in [0.2, 0.25) is 0 Å². The number of nitrogen functional groups attached to an aromatic ring is 1. The first-order chi connectivity index (χ1) is 8.61. The van der Waals surface area contributed by atoms with Gasteiger partial charge in [0, 0.05) is 17.1 Å². The van der Waals surface area contributed by atoms with E-state index in [1.807, 2.05) is 13.0 Å². The average Bonchev–Trinajstić information content (AvgIpc) is 2.71. The zero-order valence-electron chi connectivity index (χ0n) is 10.2. The fraction of sp³-hybridized carbons (Fsp3) is 0.231. The number of nitrogens with zero attached hydrogens (tertiary/aromatic N) is 1. The molecule has 0 saturated heterocycles. The lowest BCUT2D eigenvalue weighted by molar-refractivity contribution is 0.0937. The topological polar surface area (TPSA) is 83.8 Å². The number of nitrogens with two attached hydrogens (primary N) is 1. The highest BCUT2D eigenvalue weighted by molar-refractivity contribution is 6.05. The van der Waals surface area contributed by atoms with E-state index in [0.29, 0.717) is 11.4 Å². The van der Waals surface area contributed by atoms with Gasteiger partial charge in [0.1, 0.15) is 0 Å². The van der Waals surface area contributed by atoms with Gasteiger partial charge in [-0.15, -0.1) is 6.58 Å². The molecule has 5 heteroatoms. The van der Waals surface area contributed by atoms with Crippen LogP contribution in [0.5, 0.6) is 0 Å². The number of aromatic nitrogens is 2. The first-order valence-corrected chi connectivity index (χ1v) is 5.77. The number of benzene rings is 1. The molecule has 1 amide bonds. The van der Waals surface area contributed by atoms with Crippen LogP contribution in [0.2, 0.25) is 0 Å². The normalized spacial score (nSPS) is 12.3. The Bertz CT molecular complexity index is 588. The standard InChI is InChI=1S/C13H16N4O/c1-3-4-8(2)15-13(18)12-10-7-9(14)5-6-11(10)16-17-12/h3,5-8H,1,4,14H2,2H3,(H,15,18)(H,16,17). The molecule has 18 heavy (non-hydrogen) atoms. The fourth-order valence-corrected chi connectivity index (χ4v) is 1.81. The van der Waals surface area contributed by atoms with Crippen molar-refractivity contribution in [2.45, 2.75) is 19.4 Å². The van der Waals surface area contributed by atoms with Crippen LogP contribution in [0.15, 0.2) is 30.9 Å². The zero-order chi connectivity index (χ0) is 13.1. The Morgan fingerprint density at radius 1 is 1.67 bits per heavy atom. The number of hydrogen-bond acceptors (Lipinski definition) is 3. The molecule has 1 aromatic heterocycles. The number of carbonyl (C=O) groups is 1. The van der Waals surface area contributed by atoms with Gasteiger partial charge in [0.15, 0.2) is 5.69 Å². The molecule has 94 valence electrons. The Kier molecular flexibility index (Phi) is 3.32. The predicted molar refractivity (Wildman–Crippen MR) is 72.2 cm³/mol. The number of hydrogen-bond donors (Lipinski definition) is 3. The molecule has 0 spiro atoms. The average molecular weight is 244 g/mol. The molecule has 4 N–H and O–H groups in total. The van der Waals surface area contributed by atoms with Gasteiger partial charge in [-0.1, -0.05) is 6.08 Å². The van der Waals surface area contributed by atoms with Crippen molar-refractivity contribution < 1.29 is 4.79 Å². The highest BCUT2D eigenvalue weighted by Gasteiger charge is 2.15. The summed E-state index contributed by atoms with van der Waals surface area (Å²) in [5.74, 6) is -0.207. The van der Waals surface area contributed by atoms with Gasteiger partial charge in [-0.3, -0.25) is 9.89 Å². The van der Waals surface area contributed by atoms with E-state index in [0.717, 1.165) is 17.3 Å². The number of rotatable bonds is 4. The van der Waals surface area contributed by atoms with Crippen LogP contribution in [0.1, 0.15) is 23.8 Å². The van der Waals surface area contributed by atoms with Crippen molar-refractivity contribution in [2.75, 3.05) is 5.73 Å². The zero-order valence-corrected chi connectivity index (χ0v) is 10.2. The molecular formula is C13H16N4O. The summed E-state index contributed by atoms with van der Waals surface area (Å²) in [7, 11) is 0. The quantitative estimate of drug-likeness (QED) is 0.566. The summed E-state index contributed by atoms with van der Waals surface area (Å²) in [6, 6.07) is 5.35. The van der Waals surface area contributed by atoms with Crippen LogP contribution in [0.3, 0.4) is 0 Å². The first-order valence-electron chi connectivity index (χ1n) is 5.77. The van der Waals surface area contributed by atoms with Crippen LogP contribution in [0.4, 0.5) is 5.69 Å². The highest BCUT2D eigenvalue weighted by Crippen LogP contribution is 2.18. The third-order valence-electron chi connectivity index (χ3n) is 2.70. The molecule has 0 fully saturated rings. The van der Waals surface area contributed by atoms with Crippen LogP contribution in [-0.2, 0) is 0 Å². The van der Waals surface area contributed by atoms with Gasteiger partial charge in [-0.2, -0.15) is 5.10 Å². The lowest BCUT2D eigenvalue weighted by atomic mass is 10.1. The second-order valence-corrected chi connectivity index (χ2v) is 4.28. The third kappa shape index (κ3) is 2.34. The third-order valence-corrected chi connectivity index (χ3v) is 2.70. The smallest absolute Gasteiger partial charge is 0.272 e. The van der Waals surface area contributed by atoms with Crippen molar-refractivity contribution >= 4 is 22.5 Å². The second-order valence-electron chi connectivity index (χ2n) is 4.28. The Morgan fingerprint density at radius 3 is 3.17 bits per heavy atom. The minimum atomic E-state index is -0.207. The minimum Gasteiger partial charge on any atom is -0.399 e. The summed E-state index contributed by atoms with van der Waals surface area (Å²) in [6.45, 7) is 5.56. The van der Waals surface area contributed by atoms with E-state index in [-0.39, 0.29) is 11.9 Å². The van der Waals surface area contributed by atoms with Gasteiger partial charge in [0.25, 0.3) is 5.91 Å². The Morgan fingerprint density at radius 2 is 2.44 bits per heavy atom. The second kappa shape index (κ2) is 4.91. The lowest BCUT2D eigenvalue weighted by Crippen LogP contribution is -2.32. The van der Waals surface area contributed by atoms with Gasteiger partial charge in [-0.05, 0) is 31.5 Å². The van der Waals surface area contributed by atoms with Crippen LogP contribution in [0.25, 0.3) is 10.9 Å². The molecule has 1 atom stereocenters. The number of nitrogens with one attached hydrogen (secondary N) is 2. The number of carbonyl (C=O) groups excluding carboxylic acids is 1. The van der Waals surface area contributed by atoms with Gasteiger partial charge in [-0.25, -0.2) is 0 Å². The molecule has 1 heterocycles. The van der Waals surface area contributed by atoms with Crippen molar-refractivity contribution in [3.05, 3.63) is 36.5 Å². The highest BCUT2D eigenvalue weighted by atomic mass is 16.2. The summed E-state index contributed by atoms with van der Waals surface area (Å²) in [6.07, 6.45) is 2.49. The monoisotopic (exact) mass is 244 g/mol. The predicted octanol–water partition coefficient (Wildman–Crippen LogP) is 1.84. The molecule has 0 aliphatic carbocycles. The van der Waals surface area contributed by atoms with Crippen molar-refractivity contribution in [3.63, 3.8) is 0 Å². The first kappa shape index (κ1) is 12.2. The van der Waals surface area contributed by atoms with Crippen molar-refractivity contribution in [3.8, 4) is 0 Å². The number of amides is 1. The SMILES string of the molecule is C=CCC(C)NC(=O)c1n[nH]c2ccc(N)cc12. The fourth-order valence-electron chi connectivity index (χ4n) is 1.81. The van der Waals surface area contributed by atoms with Gasteiger partial charge >= 0.3 is 0 Å². The number of H-pyrrole nitrogens is 1. The summed E-state index contributed by atoms with van der Waals surface area (Å²) >= 11 is 0. The Labute approximate surface area is 105 Å². The molecule has 1 aromatic carbocycles. The Hall–Kier alpha value is -2.30. The van der Waals surface area contributed by atoms with Crippen LogP contribution < -0.4 is 11.1 Å². The number of aromatic amines is 1. The maximum atomic E-state index is 12.0. The summed E-state index contributed by atoms with van der Waals surface area (Å²) < 4.78 is 0. The molecule has 1 unspecified atom stereocenters. The molecule has 0 saturated carbocycles. The molecule has 5 nitrogen and oxygen atoms in total. The summed E-state index contributed by atoms with van der Waals surface area (Å²) in [5.41, 5.74) is 7.49. The van der Waals surface area contributed by atoms with Crippen molar-refractivity contribution in [1.82, 2.24) is 15.5 Å². The van der Waals surface area contributed by atoms with E-state index >= 15 is 0 Å². The van der Waals surface area contributed by atoms with Crippen molar-refractivity contribution in [2.24, 2.45) is 0 Å². The minimum absolute atomic E-state index is 0.0304. The van der Waals surface area contributed by atoms with Crippen LogP contribution in [-0.4, -0.2) is 22.1 Å². The maximum absolute atomic E-state index is 12.0. The van der Waals surface area contributed by atoms with Gasteiger partial charge < -0.3 is 11.1 Å². The largest absolute Gasteiger partial charge is 0.399 e. The molecule has 2 aromatic rings. The number of fused-ring (bicyclic) bond motifs is 1. The molecule has 0 aliphatic heterocycles. The van der Waals surface area contributed by atoms with Crippen LogP contribution >= 0.6 is 0 Å².